The molecule has 0 atom stereocenters. The Labute approximate surface area is 175 Å². The van der Waals surface area contributed by atoms with Gasteiger partial charge in [0.1, 0.15) is 0 Å². The Morgan fingerprint density at radius 1 is 1.14 bits per heavy atom. The predicted octanol–water partition coefficient (Wildman–Crippen LogP) is 1.40. The largest absolute Gasteiger partial charge is 0.345 e. The summed E-state index contributed by atoms with van der Waals surface area (Å²) in [4.78, 5) is 29.0. The Kier molecular flexibility index (Phi) is 7.27. The molecular weight excluding hydrogens is 388 g/mol. The van der Waals surface area contributed by atoms with Gasteiger partial charge in [0, 0.05) is 38.3 Å². The van der Waals surface area contributed by atoms with Gasteiger partial charge in [-0.15, -0.1) is 10.2 Å². The molecule has 2 amide bonds. The molecule has 1 N–H and O–H groups in total. The van der Waals surface area contributed by atoms with E-state index in [0.29, 0.717) is 35.4 Å². The van der Waals surface area contributed by atoms with E-state index in [4.69, 9.17) is 0 Å². The lowest BCUT2D eigenvalue weighted by Gasteiger charge is -2.32. The number of thioether (sulfide) groups is 1. The van der Waals surface area contributed by atoms with Crippen molar-refractivity contribution < 1.29 is 9.59 Å². The number of hydrogen-bond donors (Lipinski definition) is 1. The molecule has 0 aliphatic carbocycles. The maximum atomic E-state index is 12.5. The van der Waals surface area contributed by atoms with Crippen molar-refractivity contribution in [2.45, 2.75) is 32.1 Å². The molecule has 29 heavy (non-hydrogen) atoms. The molecule has 0 saturated carbocycles. The van der Waals surface area contributed by atoms with Gasteiger partial charge in [0.2, 0.25) is 5.91 Å². The summed E-state index contributed by atoms with van der Waals surface area (Å²) >= 11 is 1.40. The molecule has 3 rings (SSSR count). The van der Waals surface area contributed by atoms with Gasteiger partial charge in [0.05, 0.1) is 12.3 Å². The summed E-state index contributed by atoms with van der Waals surface area (Å²) in [6.07, 6.45) is 0. The Morgan fingerprint density at radius 3 is 2.55 bits per heavy atom. The topological polar surface area (TPSA) is 83.4 Å². The molecule has 2 heterocycles. The summed E-state index contributed by atoms with van der Waals surface area (Å²) in [5, 5.41) is 12.1. The minimum atomic E-state index is -0.131. The molecule has 0 radical (unpaired) electrons. The van der Waals surface area contributed by atoms with Gasteiger partial charge in [-0.25, -0.2) is 0 Å². The lowest BCUT2D eigenvalue weighted by Crippen LogP contribution is -2.47. The molecule has 0 spiro atoms. The number of amides is 2. The van der Waals surface area contributed by atoms with Gasteiger partial charge < -0.3 is 19.7 Å². The van der Waals surface area contributed by atoms with Crippen LogP contribution in [0, 0.1) is 6.92 Å². The van der Waals surface area contributed by atoms with Crippen LogP contribution in [0.2, 0.25) is 0 Å². The van der Waals surface area contributed by atoms with Gasteiger partial charge in [-0.2, -0.15) is 0 Å². The van der Waals surface area contributed by atoms with Gasteiger partial charge >= 0.3 is 0 Å². The monoisotopic (exact) mass is 416 g/mol. The van der Waals surface area contributed by atoms with Crippen LogP contribution in [0.25, 0.3) is 0 Å². The van der Waals surface area contributed by atoms with Crippen LogP contribution in [0.1, 0.15) is 28.7 Å². The minimum absolute atomic E-state index is 0.128. The quantitative estimate of drug-likeness (QED) is 0.687. The molecule has 1 aromatic carbocycles. The second kappa shape index (κ2) is 9.89. The van der Waals surface area contributed by atoms with Gasteiger partial charge in [-0.1, -0.05) is 30.0 Å². The van der Waals surface area contributed by atoms with Crippen molar-refractivity contribution in [2.75, 3.05) is 39.0 Å². The van der Waals surface area contributed by atoms with Crippen molar-refractivity contribution in [3.63, 3.8) is 0 Å². The Balaban J connectivity index is 1.56. The second-order valence-corrected chi connectivity index (χ2v) is 8.06. The number of carbonyl (C=O) groups excluding carboxylic acids is 2. The highest BCUT2D eigenvalue weighted by atomic mass is 32.2. The highest BCUT2D eigenvalue weighted by Crippen LogP contribution is 2.18. The van der Waals surface area contributed by atoms with E-state index in [-0.39, 0.29) is 11.8 Å². The zero-order chi connectivity index (χ0) is 20.8. The van der Waals surface area contributed by atoms with E-state index in [0.717, 1.165) is 31.7 Å². The average molecular weight is 417 g/mol. The van der Waals surface area contributed by atoms with E-state index in [9.17, 15) is 9.59 Å². The van der Waals surface area contributed by atoms with Gasteiger partial charge in [-0.3, -0.25) is 9.59 Å². The van der Waals surface area contributed by atoms with Crippen LogP contribution in [0.5, 0.6) is 0 Å². The van der Waals surface area contributed by atoms with Crippen LogP contribution in [-0.4, -0.2) is 75.4 Å². The van der Waals surface area contributed by atoms with Gasteiger partial charge in [0.15, 0.2) is 11.0 Å². The van der Waals surface area contributed by atoms with Crippen molar-refractivity contribution in [1.82, 2.24) is 29.9 Å². The van der Waals surface area contributed by atoms with E-state index < -0.39 is 0 Å². The van der Waals surface area contributed by atoms with Crippen LogP contribution in [0.3, 0.4) is 0 Å². The fourth-order valence-electron chi connectivity index (χ4n) is 3.23. The molecule has 0 unspecified atom stereocenters. The summed E-state index contributed by atoms with van der Waals surface area (Å²) in [6, 6.07) is 7.48. The number of rotatable bonds is 7. The van der Waals surface area contributed by atoms with Crippen molar-refractivity contribution in [2.24, 2.45) is 0 Å². The lowest BCUT2D eigenvalue weighted by molar-refractivity contribution is -0.129. The van der Waals surface area contributed by atoms with E-state index in [2.05, 4.69) is 27.5 Å². The number of aryl methyl sites for hydroxylation is 1. The smallest absolute Gasteiger partial charge is 0.251 e. The molecule has 9 heteroatoms. The van der Waals surface area contributed by atoms with Crippen molar-refractivity contribution in [1.29, 1.82) is 0 Å². The van der Waals surface area contributed by atoms with Crippen molar-refractivity contribution in [3.8, 4) is 0 Å². The van der Waals surface area contributed by atoms with Gasteiger partial charge in [-0.05, 0) is 32.5 Å². The molecule has 2 aromatic rings. The molecule has 1 aliphatic heterocycles. The van der Waals surface area contributed by atoms with Crippen LogP contribution in [0.15, 0.2) is 29.4 Å². The fourth-order valence-corrected chi connectivity index (χ4v) is 4.15. The zero-order valence-electron chi connectivity index (χ0n) is 17.2. The Morgan fingerprint density at radius 2 is 1.86 bits per heavy atom. The normalized spacial score (nSPS) is 14.8. The lowest BCUT2D eigenvalue weighted by atomic mass is 10.1. The summed E-state index contributed by atoms with van der Waals surface area (Å²) in [5.41, 5.74) is 1.59. The molecule has 8 nitrogen and oxygen atoms in total. The summed E-state index contributed by atoms with van der Waals surface area (Å²) in [7, 11) is 2.07. The number of likely N-dealkylation sites (N-methyl/N-ethyl adjacent to an activating group) is 1. The molecule has 156 valence electrons. The summed E-state index contributed by atoms with van der Waals surface area (Å²) in [5.74, 6) is 1.03. The summed E-state index contributed by atoms with van der Waals surface area (Å²) in [6.45, 7) is 8.24. The number of piperazine rings is 1. The molecule has 1 aliphatic rings. The average Bonchev–Trinajstić information content (AvgIpc) is 3.13. The molecule has 1 saturated heterocycles. The van der Waals surface area contributed by atoms with Crippen molar-refractivity contribution in [3.05, 3.63) is 41.2 Å². The highest BCUT2D eigenvalue weighted by Gasteiger charge is 2.20. The van der Waals surface area contributed by atoms with E-state index >= 15 is 0 Å². The number of nitrogens with zero attached hydrogens (tertiary/aromatic N) is 5. The molecule has 1 fully saturated rings. The maximum Gasteiger partial charge on any atom is 0.251 e. The standard InChI is InChI=1S/C20H28N6O2S/c1-4-26-17(13-21-19(28)16-8-6-5-7-15(16)2)22-23-20(26)29-14-18(27)25-11-9-24(3)10-12-25/h5-8H,4,9-14H2,1-3H3,(H,21,28). The first kappa shape index (κ1) is 21.3. The first-order chi connectivity index (χ1) is 14.0. The van der Waals surface area contributed by atoms with Crippen molar-refractivity contribution >= 4 is 23.6 Å². The molecule has 1 aromatic heterocycles. The third kappa shape index (κ3) is 5.36. The first-order valence-electron chi connectivity index (χ1n) is 9.84. The summed E-state index contributed by atoms with van der Waals surface area (Å²) < 4.78 is 1.94. The second-order valence-electron chi connectivity index (χ2n) is 7.11. The third-order valence-corrected chi connectivity index (χ3v) is 6.04. The number of hydrogen-bond acceptors (Lipinski definition) is 6. The van der Waals surface area contributed by atoms with E-state index in [1.165, 1.54) is 11.8 Å². The number of benzene rings is 1. The number of aromatic nitrogens is 3. The Bertz CT molecular complexity index is 860. The fraction of sp³-hybridized carbons (Fsp3) is 0.500. The van der Waals surface area contributed by atoms with E-state index in [1.54, 1.807) is 6.07 Å². The highest BCUT2D eigenvalue weighted by molar-refractivity contribution is 7.99. The third-order valence-electron chi connectivity index (χ3n) is 5.09. The molecule has 0 bridgehead atoms. The van der Waals surface area contributed by atoms with Crippen LogP contribution in [-0.2, 0) is 17.9 Å². The van der Waals surface area contributed by atoms with Crippen LogP contribution in [0.4, 0.5) is 0 Å². The Hall–Kier alpha value is -2.39. The minimum Gasteiger partial charge on any atom is -0.345 e. The van der Waals surface area contributed by atoms with Crippen LogP contribution < -0.4 is 5.32 Å². The first-order valence-corrected chi connectivity index (χ1v) is 10.8. The van der Waals surface area contributed by atoms with Crippen LogP contribution >= 0.6 is 11.8 Å². The zero-order valence-corrected chi connectivity index (χ0v) is 18.0. The SMILES string of the molecule is CCn1c(CNC(=O)c2ccccc2C)nnc1SCC(=O)N1CCN(C)CC1. The predicted molar refractivity (Wildman–Crippen MR) is 113 cm³/mol. The van der Waals surface area contributed by atoms with E-state index in [1.807, 2.05) is 41.5 Å². The number of nitrogens with one attached hydrogen (secondary N) is 1. The maximum absolute atomic E-state index is 12.5. The molecular formula is C20H28N6O2S. The van der Waals surface area contributed by atoms with Gasteiger partial charge in [0.25, 0.3) is 5.91 Å². The number of carbonyl (C=O) groups is 2.